The standard InChI is InChI=1S/C10H18F2O4S/c1-8(2,7(13)16-5)10(11,12)9(3,4)17(6,14)15/h1-6H3. The molecule has 0 aliphatic rings. The molecule has 0 fully saturated rings. The highest BCUT2D eigenvalue weighted by Gasteiger charge is 2.65. The highest BCUT2D eigenvalue weighted by Crippen LogP contribution is 2.48. The first kappa shape index (κ1) is 16.3. The summed E-state index contributed by atoms with van der Waals surface area (Å²) < 4.78 is 53.2. The first-order valence-corrected chi connectivity index (χ1v) is 6.78. The second-order valence-electron chi connectivity index (χ2n) is 4.97. The molecule has 0 saturated heterocycles. The van der Waals surface area contributed by atoms with Crippen LogP contribution in [0, 0.1) is 5.41 Å². The number of alkyl halides is 2. The number of hydrogen-bond acceptors (Lipinski definition) is 4. The van der Waals surface area contributed by atoms with Crippen molar-refractivity contribution >= 4 is 15.8 Å². The first-order chi connectivity index (χ1) is 7.23. The van der Waals surface area contributed by atoms with E-state index in [1.165, 1.54) is 0 Å². The summed E-state index contributed by atoms with van der Waals surface area (Å²) in [6.07, 6.45) is 0.717. The van der Waals surface area contributed by atoms with Gasteiger partial charge in [-0.1, -0.05) is 0 Å². The van der Waals surface area contributed by atoms with E-state index in [1.807, 2.05) is 0 Å². The summed E-state index contributed by atoms with van der Waals surface area (Å²) in [4.78, 5) is 11.4. The molecule has 0 N–H and O–H groups in total. The Bertz CT molecular complexity index is 410. The molecule has 0 atom stereocenters. The fraction of sp³-hybridized carbons (Fsp3) is 0.900. The Kier molecular flexibility index (Phi) is 4.01. The van der Waals surface area contributed by atoms with E-state index in [2.05, 4.69) is 4.74 Å². The van der Waals surface area contributed by atoms with Crippen LogP contribution < -0.4 is 0 Å². The van der Waals surface area contributed by atoms with Crippen molar-refractivity contribution < 1.29 is 26.7 Å². The van der Waals surface area contributed by atoms with E-state index in [9.17, 15) is 22.0 Å². The number of sulfone groups is 1. The zero-order chi connectivity index (χ0) is 14.3. The maximum atomic E-state index is 14.2. The molecule has 0 spiro atoms. The van der Waals surface area contributed by atoms with Crippen LogP contribution in [0.4, 0.5) is 8.78 Å². The van der Waals surface area contributed by atoms with E-state index in [0.717, 1.165) is 34.8 Å². The monoisotopic (exact) mass is 272 g/mol. The SMILES string of the molecule is COC(=O)C(C)(C)C(F)(F)C(C)(C)S(C)(=O)=O. The summed E-state index contributed by atoms with van der Waals surface area (Å²) >= 11 is 0. The normalized spacial score (nSPS) is 14.6. The van der Waals surface area contributed by atoms with Crippen LogP contribution in [0.15, 0.2) is 0 Å². The van der Waals surface area contributed by atoms with E-state index in [4.69, 9.17) is 0 Å². The molecule has 7 heteroatoms. The first-order valence-electron chi connectivity index (χ1n) is 4.89. The van der Waals surface area contributed by atoms with Crippen LogP contribution in [0.1, 0.15) is 27.7 Å². The molecule has 0 unspecified atom stereocenters. The lowest BCUT2D eigenvalue weighted by Crippen LogP contribution is -2.59. The van der Waals surface area contributed by atoms with E-state index < -0.39 is 31.9 Å². The summed E-state index contributed by atoms with van der Waals surface area (Å²) in [6, 6.07) is 0. The minimum atomic E-state index is -4.04. The molecule has 102 valence electrons. The Morgan fingerprint density at radius 2 is 1.47 bits per heavy atom. The van der Waals surface area contributed by atoms with Crippen LogP contribution in [0.3, 0.4) is 0 Å². The van der Waals surface area contributed by atoms with Crippen molar-refractivity contribution in [3.8, 4) is 0 Å². The van der Waals surface area contributed by atoms with Crippen molar-refractivity contribution in [1.82, 2.24) is 0 Å². The Hall–Kier alpha value is -0.720. The lowest BCUT2D eigenvalue weighted by molar-refractivity contribution is -0.182. The molecule has 17 heavy (non-hydrogen) atoms. The Labute approximate surface area is 100 Å². The quantitative estimate of drug-likeness (QED) is 0.730. The van der Waals surface area contributed by atoms with Crippen LogP contribution in [0.5, 0.6) is 0 Å². The van der Waals surface area contributed by atoms with Gasteiger partial charge in [0.15, 0.2) is 9.84 Å². The van der Waals surface area contributed by atoms with Crippen LogP contribution in [-0.4, -0.2) is 38.4 Å². The molecule has 0 aliphatic heterocycles. The smallest absolute Gasteiger partial charge is 0.317 e. The molecular weight excluding hydrogens is 254 g/mol. The Morgan fingerprint density at radius 1 is 1.12 bits per heavy atom. The molecule has 0 aromatic carbocycles. The Morgan fingerprint density at radius 3 is 1.71 bits per heavy atom. The summed E-state index contributed by atoms with van der Waals surface area (Å²) in [5, 5.41) is 0. The van der Waals surface area contributed by atoms with Gasteiger partial charge in [-0.3, -0.25) is 4.79 Å². The fourth-order valence-electron chi connectivity index (χ4n) is 1.37. The fourth-order valence-corrected chi connectivity index (χ4v) is 2.09. The molecule has 0 aromatic heterocycles. The predicted molar refractivity (Wildman–Crippen MR) is 59.7 cm³/mol. The number of esters is 1. The molecule has 0 aromatic rings. The average Bonchev–Trinajstić information content (AvgIpc) is 2.13. The maximum Gasteiger partial charge on any atom is 0.317 e. The third kappa shape index (κ3) is 2.29. The van der Waals surface area contributed by atoms with Gasteiger partial charge in [0.1, 0.15) is 10.2 Å². The van der Waals surface area contributed by atoms with E-state index in [-0.39, 0.29) is 0 Å². The topological polar surface area (TPSA) is 60.4 Å². The molecule has 0 rings (SSSR count). The van der Waals surface area contributed by atoms with E-state index in [0.29, 0.717) is 6.26 Å². The lowest BCUT2D eigenvalue weighted by Gasteiger charge is -2.41. The van der Waals surface area contributed by atoms with Crippen LogP contribution in [-0.2, 0) is 19.4 Å². The highest BCUT2D eigenvalue weighted by molar-refractivity contribution is 7.92. The molecule has 0 saturated carbocycles. The van der Waals surface area contributed by atoms with Crippen LogP contribution in [0.2, 0.25) is 0 Å². The largest absolute Gasteiger partial charge is 0.468 e. The highest BCUT2D eigenvalue weighted by atomic mass is 32.2. The van der Waals surface area contributed by atoms with Crippen LogP contribution >= 0.6 is 0 Å². The van der Waals surface area contributed by atoms with Gasteiger partial charge in [0.25, 0.3) is 5.92 Å². The zero-order valence-corrected chi connectivity index (χ0v) is 11.6. The molecule has 0 amide bonds. The minimum absolute atomic E-state index is 0.717. The second-order valence-corrected chi connectivity index (χ2v) is 7.54. The summed E-state index contributed by atoms with van der Waals surface area (Å²) in [7, 11) is -3.06. The number of carbonyl (C=O) groups excluding carboxylic acids is 1. The number of ether oxygens (including phenoxy) is 1. The zero-order valence-electron chi connectivity index (χ0n) is 10.8. The van der Waals surface area contributed by atoms with Gasteiger partial charge in [0.2, 0.25) is 0 Å². The van der Waals surface area contributed by atoms with Crippen LogP contribution in [0.25, 0.3) is 0 Å². The third-order valence-corrected chi connectivity index (χ3v) is 5.27. The van der Waals surface area contributed by atoms with Gasteiger partial charge in [0.05, 0.1) is 7.11 Å². The molecule has 0 aliphatic carbocycles. The molecule has 0 radical (unpaired) electrons. The third-order valence-electron chi connectivity index (χ3n) is 3.16. The van der Waals surface area contributed by atoms with Crippen molar-refractivity contribution in [3.63, 3.8) is 0 Å². The Balaban J connectivity index is 5.81. The van der Waals surface area contributed by atoms with Gasteiger partial charge in [0, 0.05) is 6.26 Å². The molecular formula is C10H18F2O4S. The number of hydrogen-bond donors (Lipinski definition) is 0. The van der Waals surface area contributed by atoms with E-state index >= 15 is 0 Å². The van der Waals surface area contributed by atoms with Crippen molar-refractivity contribution in [2.45, 2.75) is 38.4 Å². The van der Waals surface area contributed by atoms with Crippen molar-refractivity contribution in [3.05, 3.63) is 0 Å². The van der Waals surface area contributed by atoms with Crippen molar-refractivity contribution in [2.75, 3.05) is 13.4 Å². The molecule has 0 bridgehead atoms. The number of rotatable bonds is 4. The van der Waals surface area contributed by atoms with Gasteiger partial charge in [-0.05, 0) is 27.7 Å². The minimum Gasteiger partial charge on any atom is -0.468 e. The van der Waals surface area contributed by atoms with Gasteiger partial charge in [-0.15, -0.1) is 0 Å². The van der Waals surface area contributed by atoms with Crippen molar-refractivity contribution in [2.24, 2.45) is 5.41 Å². The van der Waals surface area contributed by atoms with Crippen molar-refractivity contribution in [1.29, 1.82) is 0 Å². The van der Waals surface area contributed by atoms with Gasteiger partial charge < -0.3 is 4.74 Å². The lowest BCUT2D eigenvalue weighted by atomic mass is 9.79. The second kappa shape index (κ2) is 4.19. The number of halogens is 2. The van der Waals surface area contributed by atoms with Gasteiger partial charge in [-0.25, -0.2) is 17.2 Å². The summed E-state index contributed by atoms with van der Waals surface area (Å²) in [5.41, 5.74) is -2.23. The average molecular weight is 272 g/mol. The van der Waals surface area contributed by atoms with Gasteiger partial charge >= 0.3 is 5.97 Å². The summed E-state index contributed by atoms with van der Waals surface area (Å²) in [6.45, 7) is 3.72. The molecule has 0 heterocycles. The summed E-state index contributed by atoms with van der Waals surface area (Å²) in [5.74, 6) is -4.92. The predicted octanol–water partition coefficient (Wildman–Crippen LogP) is 1.64. The van der Waals surface area contributed by atoms with Gasteiger partial charge in [-0.2, -0.15) is 0 Å². The molecule has 4 nitrogen and oxygen atoms in total. The number of carbonyl (C=O) groups is 1. The maximum absolute atomic E-state index is 14.2. The number of methoxy groups -OCH3 is 1. The van der Waals surface area contributed by atoms with E-state index in [1.54, 1.807) is 0 Å².